The molecule has 2 aromatic rings. The number of nitrogens with zero attached hydrogens (tertiary/aromatic N) is 5. The van der Waals surface area contributed by atoms with Gasteiger partial charge >= 0.3 is 0 Å². The number of benzene rings is 1. The lowest BCUT2D eigenvalue weighted by Gasteiger charge is -2.45. The van der Waals surface area contributed by atoms with Crippen LogP contribution in [0.25, 0.3) is 0 Å². The number of hydrogen-bond donors (Lipinski definition) is 0. The molecule has 29 heavy (non-hydrogen) atoms. The Bertz CT molecular complexity index is 852. The average molecular weight is 396 g/mol. The maximum atomic E-state index is 13.5. The summed E-state index contributed by atoms with van der Waals surface area (Å²) in [5.74, 6) is 0.838. The Hall–Kier alpha value is -2.28. The van der Waals surface area contributed by atoms with E-state index >= 15 is 0 Å². The van der Waals surface area contributed by atoms with E-state index in [4.69, 9.17) is 4.74 Å². The van der Waals surface area contributed by atoms with E-state index in [-0.39, 0.29) is 11.4 Å². The van der Waals surface area contributed by atoms with Crippen LogP contribution in [-0.4, -0.2) is 56.3 Å². The summed E-state index contributed by atoms with van der Waals surface area (Å²) < 4.78 is 7.37. The lowest BCUT2D eigenvalue weighted by atomic mass is 9.73. The van der Waals surface area contributed by atoms with Gasteiger partial charge in [0, 0.05) is 25.3 Å². The van der Waals surface area contributed by atoms with Gasteiger partial charge in [-0.2, -0.15) is 0 Å². The summed E-state index contributed by atoms with van der Waals surface area (Å²) in [5.41, 5.74) is 2.45. The zero-order valence-corrected chi connectivity index (χ0v) is 17.0. The summed E-state index contributed by atoms with van der Waals surface area (Å²) in [4.78, 5) is 15.8. The molecule has 0 bridgehead atoms. The summed E-state index contributed by atoms with van der Waals surface area (Å²) in [6, 6.07) is 9.45. The third kappa shape index (κ3) is 3.56. The molecule has 1 aromatic heterocycles. The van der Waals surface area contributed by atoms with Crippen molar-refractivity contribution in [3.63, 3.8) is 0 Å². The number of ether oxygens (including phenoxy) is 1. The maximum absolute atomic E-state index is 13.5. The van der Waals surface area contributed by atoms with Gasteiger partial charge in [0.05, 0.1) is 12.0 Å². The molecule has 1 aliphatic heterocycles. The monoisotopic (exact) mass is 395 g/mol. The minimum absolute atomic E-state index is 0.262. The van der Waals surface area contributed by atoms with Gasteiger partial charge < -0.3 is 9.64 Å². The highest BCUT2D eigenvalue weighted by atomic mass is 16.5. The number of rotatable bonds is 6. The molecule has 7 nitrogen and oxygen atoms in total. The third-order valence-electron chi connectivity index (χ3n) is 7.10. The van der Waals surface area contributed by atoms with Gasteiger partial charge in [-0.3, -0.25) is 4.79 Å². The van der Waals surface area contributed by atoms with Crippen LogP contribution >= 0.6 is 0 Å². The van der Waals surface area contributed by atoms with E-state index in [0.29, 0.717) is 37.6 Å². The number of aromatic nitrogens is 4. The molecule has 2 saturated carbocycles. The molecule has 3 aliphatic rings. The smallest absolute Gasteiger partial charge is 0.225 e. The topological polar surface area (TPSA) is 73.1 Å². The molecule has 0 atom stereocenters. The molecule has 0 spiro atoms. The second kappa shape index (κ2) is 7.52. The Morgan fingerprint density at radius 3 is 2.62 bits per heavy atom. The summed E-state index contributed by atoms with van der Waals surface area (Å²) in [6.45, 7) is 3.48. The summed E-state index contributed by atoms with van der Waals surface area (Å²) in [5, 5.41) is 11.8. The van der Waals surface area contributed by atoms with Gasteiger partial charge in [-0.1, -0.05) is 24.3 Å². The van der Waals surface area contributed by atoms with E-state index in [9.17, 15) is 4.79 Å². The minimum atomic E-state index is -0.356. The first-order valence-corrected chi connectivity index (χ1v) is 10.8. The zero-order chi connectivity index (χ0) is 19.8. The molecular formula is C22H29N5O2. The van der Waals surface area contributed by atoms with Crippen molar-refractivity contribution in [2.75, 3.05) is 13.2 Å². The summed E-state index contributed by atoms with van der Waals surface area (Å²) in [6.07, 6.45) is 8.09. The third-order valence-corrected chi connectivity index (χ3v) is 7.10. The van der Waals surface area contributed by atoms with Gasteiger partial charge in [0.1, 0.15) is 6.33 Å². The Kier molecular flexibility index (Phi) is 4.86. The maximum Gasteiger partial charge on any atom is 0.225 e. The molecule has 0 radical (unpaired) electrons. The van der Waals surface area contributed by atoms with Gasteiger partial charge in [0.2, 0.25) is 5.91 Å². The van der Waals surface area contributed by atoms with E-state index in [1.165, 1.54) is 11.1 Å². The fourth-order valence-electron chi connectivity index (χ4n) is 5.16. The second-order valence-corrected chi connectivity index (χ2v) is 8.98. The molecule has 0 unspecified atom stereocenters. The predicted molar refractivity (Wildman–Crippen MR) is 107 cm³/mol. The first kappa shape index (κ1) is 18.7. The van der Waals surface area contributed by atoms with Crippen molar-refractivity contribution in [2.45, 2.75) is 75.4 Å². The van der Waals surface area contributed by atoms with Crippen molar-refractivity contribution in [1.82, 2.24) is 25.1 Å². The van der Waals surface area contributed by atoms with E-state index in [1.807, 2.05) is 0 Å². The quantitative estimate of drug-likeness (QED) is 0.752. The van der Waals surface area contributed by atoms with E-state index < -0.39 is 0 Å². The van der Waals surface area contributed by atoms with Crippen LogP contribution in [0, 0.1) is 6.92 Å². The van der Waals surface area contributed by atoms with Crippen LogP contribution < -0.4 is 0 Å². The van der Waals surface area contributed by atoms with Crippen LogP contribution in [0.2, 0.25) is 0 Å². The minimum Gasteiger partial charge on any atom is -0.381 e. The summed E-state index contributed by atoms with van der Waals surface area (Å²) in [7, 11) is 0. The Labute approximate surface area is 171 Å². The normalized spacial score (nSPS) is 26.0. The number of hydrogen-bond acceptors (Lipinski definition) is 5. The molecule has 2 aliphatic carbocycles. The molecule has 154 valence electrons. The van der Waals surface area contributed by atoms with E-state index in [2.05, 4.69) is 51.6 Å². The summed E-state index contributed by atoms with van der Waals surface area (Å²) >= 11 is 0. The molecule has 1 saturated heterocycles. The van der Waals surface area contributed by atoms with Gasteiger partial charge in [-0.25, -0.2) is 4.68 Å². The molecule has 7 heteroatoms. The number of carbonyl (C=O) groups excluding carboxylic acids is 1. The van der Waals surface area contributed by atoms with Crippen LogP contribution in [0.1, 0.15) is 62.0 Å². The fraction of sp³-hybridized carbons (Fsp3) is 0.636. The molecule has 1 amide bonds. The highest BCUT2D eigenvalue weighted by Crippen LogP contribution is 2.45. The Balaban J connectivity index is 1.30. The largest absolute Gasteiger partial charge is 0.381 e. The van der Waals surface area contributed by atoms with Crippen LogP contribution in [0.3, 0.4) is 0 Å². The fourth-order valence-corrected chi connectivity index (χ4v) is 5.16. The number of amides is 1. The average Bonchev–Trinajstić information content (AvgIpc) is 3.36. The van der Waals surface area contributed by atoms with E-state index in [1.54, 1.807) is 11.0 Å². The molecular weight excluding hydrogens is 366 g/mol. The van der Waals surface area contributed by atoms with Crippen molar-refractivity contribution < 1.29 is 9.53 Å². The van der Waals surface area contributed by atoms with Gasteiger partial charge in [-0.15, -0.1) is 5.10 Å². The highest BCUT2D eigenvalue weighted by molar-refractivity contribution is 5.78. The first-order chi connectivity index (χ1) is 14.2. The number of tetrazole rings is 1. The number of aryl methyl sites for hydroxylation is 1. The second-order valence-electron chi connectivity index (χ2n) is 8.98. The molecule has 0 N–H and O–H groups in total. The van der Waals surface area contributed by atoms with Crippen molar-refractivity contribution in [3.05, 3.63) is 41.7 Å². The van der Waals surface area contributed by atoms with E-state index in [0.717, 1.165) is 38.5 Å². The predicted octanol–water partition coefficient (Wildman–Crippen LogP) is 2.81. The number of carbonyl (C=O) groups is 1. The molecule has 3 fully saturated rings. The zero-order valence-electron chi connectivity index (χ0n) is 17.0. The van der Waals surface area contributed by atoms with Crippen LogP contribution in [-0.2, 0) is 15.1 Å². The molecule has 5 rings (SSSR count). The van der Waals surface area contributed by atoms with Crippen molar-refractivity contribution in [3.8, 4) is 0 Å². The standard InChI is InChI=1S/C22H29N5O2/c1-16-4-2-3-5-20(16)17-12-19(13-17)27(18-6-7-18)21(28)14-22(8-10-29-11-9-22)26-15-23-24-25-26/h2-5,15,17-19H,6-14H2,1H3. The van der Waals surface area contributed by atoms with Crippen LogP contribution in [0.5, 0.6) is 0 Å². The van der Waals surface area contributed by atoms with Crippen molar-refractivity contribution >= 4 is 5.91 Å². The first-order valence-electron chi connectivity index (χ1n) is 10.8. The van der Waals surface area contributed by atoms with Gasteiger partial charge in [0.25, 0.3) is 0 Å². The lowest BCUT2D eigenvalue weighted by molar-refractivity contribution is -0.140. The highest BCUT2D eigenvalue weighted by Gasteiger charge is 2.46. The van der Waals surface area contributed by atoms with Gasteiger partial charge in [-0.05, 0) is 72.9 Å². The lowest BCUT2D eigenvalue weighted by Crippen LogP contribution is -2.52. The Morgan fingerprint density at radius 1 is 1.21 bits per heavy atom. The Morgan fingerprint density at radius 2 is 1.97 bits per heavy atom. The van der Waals surface area contributed by atoms with Crippen LogP contribution in [0.4, 0.5) is 0 Å². The van der Waals surface area contributed by atoms with Crippen molar-refractivity contribution in [1.29, 1.82) is 0 Å². The molecule has 1 aromatic carbocycles. The van der Waals surface area contributed by atoms with Crippen LogP contribution in [0.15, 0.2) is 30.6 Å². The molecule has 2 heterocycles. The van der Waals surface area contributed by atoms with Crippen molar-refractivity contribution in [2.24, 2.45) is 0 Å². The van der Waals surface area contributed by atoms with Gasteiger partial charge in [0.15, 0.2) is 0 Å². The SMILES string of the molecule is Cc1ccccc1C1CC(N(C(=O)CC2(n3cnnn3)CCOCC2)C2CC2)C1.